The summed E-state index contributed by atoms with van der Waals surface area (Å²) in [6.45, 7) is 3.26. The Balaban J connectivity index is 1.54. The van der Waals surface area contributed by atoms with E-state index in [0.29, 0.717) is 22.6 Å². The van der Waals surface area contributed by atoms with Crippen LogP contribution in [0, 0.1) is 0 Å². The summed E-state index contributed by atoms with van der Waals surface area (Å²) in [5.74, 6) is 0.0476. The van der Waals surface area contributed by atoms with Crippen molar-refractivity contribution in [3.05, 3.63) is 64.4 Å². The minimum absolute atomic E-state index is 0.00984. The van der Waals surface area contributed by atoms with Crippen LogP contribution in [0.3, 0.4) is 0 Å². The van der Waals surface area contributed by atoms with E-state index in [9.17, 15) is 9.59 Å². The first-order valence-electron chi connectivity index (χ1n) is 10.3. The number of para-hydroxylation sites is 1. The quantitative estimate of drug-likeness (QED) is 0.461. The molecule has 0 aliphatic carbocycles. The molecule has 1 aliphatic heterocycles. The first kappa shape index (κ1) is 20.6. The van der Waals surface area contributed by atoms with Crippen molar-refractivity contribution in [3.8, 4) is 0 Å². The molecular formula is C23H25N3O3S. The first-order valence-corrected chi connectivity index (χ1v) is 11.3. The van der Waals surface area contributed by atoms with E-state index < -0.39 is 0 Å². The van der Waals surface area contributed by atoms with Gasteiger partial charge in [-0.25, -0.2) is 4.98 Å². The Morgan fingerprint density at radius 2 is 2.13 bits per heavy atom. The number of nitrogens with zero attached hydrogens (tertiary/aromatic N) is 2. The second-order valence-corrected chi connectivity index (χ2v) is 8.30. The van der Waals surface area contributed by atoms with Crippen molar-refractivity contribution in [1.82, 2.24) is 9.55 Å². The van der Waals surface area contributed by atoms with Gasteiger partial charge in [-0.2, -0.15) is 0 Å². The van der Waals surface area contributed by atoms with E-state index in [4.69, 9.17) is 4.74 Å². The van der Waals surface area contributed by atoms with Crippen molar-refractivity contribution < 1.29 is 9.53 Å². The topological polar surface area (TPSA) is 73.2 Å². The number of amides is 1. The van der Waals surface area contributed by atoms with E-state index in [1.165, 1.54) is 17.3 Å². The number of fused-ring (bicyclic) bond motifs is 1. The summed E-state index contributed by atoms with van der Waals surface area (Å²) in [6.07, 6.45) is 2.85. The predicted octanol–water partition coefficient (Wildman–Crippen LogP) is 3.87. The maximum absolute atomic E-state index is 13.1. The molecule has 3 aromatic rings. The summed E-state index contributed by atoms with van der Waals surface area (Å²) in [7, 11) is 0. The summed E-state index contributed by atoms with van der Waals surface area (Å²) in [5.41, 5.74) is 2.50. The van der Waals surface area contributed by atoms with E-state index in [1.54, 1.807) is 10.6 Å². The highest BCUT2D eigenvalue weighted by atomic mass is 32.2. The molecule has 30 heavy (non-hydrogen) atoms. The number of rotatable bonds is 7. The molecule has 7 heteroatoms. The van der Waals surface area contributed by atoms with Crippen LogP contribution in [0.1, 0.15) is 25.3 Å². The average molecular weight is 424 g/mol. The lowest BCUT2D eigenvalue weighted by atomic mass is 10.1. The third kappa shape index (κ3) is 4.74. The number of thioether (sulfide) groups is 1. The van der Waals surface area contributed by atoms with Crippen LogP contribution in [0.5, 0.6) is 0 Å². The molecular weight excluding hydrogens is 398 g/mol. The van der Waals surface area contributed by atoms with Gasteiger partial charge in [0.05, 0.1) is 29.3 Å². The number of hydrogen-bond donors (Lipinski definition) is 1. The second-order valence-electron chi connectivity index (χ2n) is 7.35. The van der Waals surface area contributed by atoms with Crippen LogP contribution >= 0.6 is 11.8 Å². The van der Waals surface area contributed by atoms with Crippen LogP contribution in [0.4, 0.5) is 5.69 Å². The van der Waals surface area contributed by atoms with Gasteiger partial charge < -0.3 is 10.1 Å². The Kier molecular flexibility index (Phi) is 6.50. The van der Waals surface area contributed by atoms with Crippen LogP contribution in [0.15, 0.2) is 58.5 Å². The van der Waals surface area contributed by atoms with E-state index >= 15 is 0 Å². The van der Waals surface area contributed by atoms with E-state index in [-0.39, 0.29) is 23.3 Å². The number of ether oxygens (including phenoxy) is 1. The fraction of sp³-hybridized carbons (Fsp3) is 0.348. The van der Waals surface area contributed by atoms with Gasteiger partial charge in [-0.1, -0.05) is 43.0 Å². The Morgan fingerprint density at radius 3 is 2.93 bits per heavy atom. The molecule has 0 saturated carbocycles. The fourth-order valence-corrected chi connectivity index (χ4v) is 4.42. The maximum atomic E-state index is 13.1. The van der Waals surface area contributed by atoms with Crippen LogP contribution < -0.4 is 10.9 Å². The molecule has 4 rings (SSSR count). The van der Waals surface area contributed by atoms with Gasteiger partial charge >= 0.3 is 0 Å². The van der Waals surface area contributed by atoms with Crippen LogP contribution in [-0.2, 0) is 22.5 Å². The summed E-state index contributed by atoms with van der Waals surface area (Å²) in [4.78, 5) is 30.3. The minimum Gasteiger partial charge on any atom is -0.376 e. The summed E-state index contributed by atoms with van der Waals surface area (Å²) < 4.78 is 7.39. The lowest BCUT2D eigenvalue weighted by Gasteiger charge is -2.16. The molecule has 6 nitrogen and oxygen atoms in total. The lowest BCUT2D eigenvalue weighted by molar-refractivity contribution is -0.113. The molecule has 2 aromatic carbocycles. The number of anilines is 1. The number of hydrogen-bond acceptors (Lipinski definition) is 5. The predicted molar refractivity (Wildman–Crippen MR) is 120 cm³/mol. The molecule has 0 spiro atoms. The van der Waals surface area contributed by atoms with Gasteiger partial charge in [-0.3, -0.25) is 14.2 Å². The Labute approximate surface area is 179 Å². The zero-order chi connectivity index (χ0) is 20.9. The molecule has 1 atom stereocenters. The van der Waals surface area contributed by atoms with Gasteiger partial charge in [0, 0.05) is 12.3 Å². The largest absolute Gasteiger partial charge is 0.376 e. The van der Waals surface area contributed by atoms with Crippen molar-refractivity contribution in [3.63, 3.8) is 0 Å². The number of benzene rings is 2. The summed E-state index contributed by atoms with van der Waals surface area (Å²) in [5, 5.41) is 4.06. The van der Waals surface area contributed by atoms with E-state index in [0.717, 1.165) is 31.6 Å². The van der Waals surface area contributed by atoms with Crippen molar-refractivity contribution in [1.29, 1.82) is 0 Å². The Bertz CT molecular complexity index is 1110. The molecule has 1 aliphatic rings. The number of aryl methyl sites for hydroxylation is 1. The first-order chi connectivity index (χ1) is 14.6. The third-order valence-electron chi connectivity index (χ3n) is 5.19. The smallest absolute Gasteiger partial charge is 0.262 e. The highest BCUT2D eigenvalue weighted by Gasteiger charge is 2.20. The van der Waals surface area contributed by atoms with Gasteiger partial charge in [0.15, 0.2) is 5.16 Å². The minimum atomic E-state index is -0.126. The highest BCUT2D eigenvalue weighted by molar-refractivity contribution is 7.99. The van der Waals surface area contributed by atoms with Gasteiger partial charge in [0.1, 0.15) is 0 Å². The van der Waals surface area contributed by atoms with Gasteiger partial charge in [0.25, 0.3) is 5.56 Å². The van der Waals surface area contributed by atoms with Crippen LogP contribution in [0.2, 0.25) is 0 Å². The Morgan fingerprint density at radius 1 is 1.27 bits per heavy atom. The molecule has 0 unspecified atom stereocenters. The van der Waals surface area contributed by atoms with Gasteiger partial charge in [-0.15, -0.1) is 0 Å². The van der Waals surface area contributed by atoms with E-state index in [1.807, 2.05) is 42.5 Å². The zero-order valence-corrected chi connectivity index (χ0v) is 17.8. The van der Waals surface area contributed by atoms with Crippen molar-refractivity contribution in [2.45, 2.75) is 44.0 Å². The highest BCUT2D eigenvalue weighted by Crippen LogP contribution is 2.21. The molecule has 1 fully saturated rings. The molecule has 1 amide bonds. The standard InChI is InChI=1S/C23H25N3O3S/c1-2-16-7-5-8-17(13-16)24-21(27)15-30-23-25-20-11-4-3-10-19(20)22(28)26(23)14-18-9-6-12-29-18/h3-5,7-8,10-11,13,18H,2,6,9,12,14-15H2,1H3,(H,24,27)/t18-/m1/s1. The molecule has 1 saturated heterocycles. The van der Waals surface area contributed by atoms with Gasteiger partial charge in [0.2, 0.25) is 5.91 Å². The van der Waals surface area contributed by atoms with E-state index in [2.05, 4.69) is 17.2 Å². The maximum Gasteiger partial charge on any atom is 0.262 e. The molecule has 156 valence electrons. The molecule has 0 bridgehead atoms. The van der Waals surface area contributed by atoms with Crippen LogP contribution in [-0.4, -0.2) is 33.9 Å². The second kappa shape index (κ2) is 9.45. The van der Waals surface area contributed by atoms with Gasteiger partial charge in [-0.05, 0) is 49.1 Å². The number of aromatic nitrogens is 2. The van der Waals surface area contributed by atoms with Crippen molar-refractivity contribution in [2.75, 3.05) is 17.7 Å². The normalized spacial score (nSPS) is 16.1. The SMILES string of the molecule is CCc1cccc(NC(=O)CSc2nc3ccccc3c(=O)n2C[C@H]2CCCO2)c1. The number of carbonyl (C=O) groups excluding carboxylic acids is 1. The van der Waals surface area contributed by atoms with Crippen molar-refractivity contribution >= 4 is 34.3 Å². The Hall–Kier alpha value is -2.64. The number of nitrogens with one attached hydrogen (secondary N) is 1. The van der Waals surface area contributed by atoms with Crippen molar-refractivity contribution in [2.24, 2.45) is 0 Å². The zero-order valence-electron chi connectivity index (χ0n) is 17.0. The molecule has 1 N–H and O–H groups in total. The van der Waals surface area contributed by atoms with Crippen LogP contribution in [0.25, 0.3) is 10.9 Å². The average Bonchev–Trinajstić information content (AvgIpc) is 3.28. The summed E-state index contributed by atoms with van der Waals surface area (Å²) in [6, 6.07) is 15.1. The monoisotopic (exact) mass is 423 g/mol. The third-order valence-corrected chi connectivity index (χ3v) is 6.16. The lowest BCUT2D eigenvalue weighted by Crippen LogP contribution is -2.29. The summed E-state index contributed by atoms with van der Waals surface area (Å²) >= 11 is 1.28. The molecule has 0 radical (unpaired) electrons. The number of carbonyl (C=O) groups is 1. The molecule has 2 heterocycles. The fourth-order valence-electron chi connectivity index (χ4n) is 3.61. The molecule has 1 aromatic heterocycles.